The summed E-state index contributed by atoms with van der Waals surface area (Å²) in [6.07, 6.45) is 0. The molecule has 0 aliphatic carbocycles. The van der Waals surface area contributed by atoms with Crippen molar-refractivity contribution >= 4 is 55.0 Å². The van der Waals surface area contributed by atoms with Crippen LogP contribution in [0.3, 0.4) is 0 Å². The predicted octanol–water partition coefficient (Wildman–Crippen LogP) is 7.13. The van der Waals surface area contributed by atoms with Gasteiger partial charge in [-0.25, -0.2) is 9.59 Å². The lowest BCUT2D eigenvalue weighted by atomic mass is 10.2. The van der Waals surface area contributed by atoms with Crippen LogP contribution in [-0.4, -0.2) is 28.9 Å². The molecule has 0 aliphatic rings. The third-order valence-corrected chi connectivity index (χ3v) is 9.28. The van der Waals surface area contributed by atoms with Crippen LogP contribution in [0.5, 0.6) is 11.5 Å². The molecule has 48 heavy (non-hydrogen) atoms. The zero-order valence-corrected chi connectivity index (χ0v) is 27.3. The van der Waals surface area contributed by atoms with E-state index in [2.05, 4.69) is 21.3 Å². The molecule has 5 rings (SSSR count). The van der Waals surface area contributed by atoms with Crippen molar-refractivity contribution in [3.05, 3.63) is 132 Å². The van der Waals surface area contributed by atoms with Gasteiger partial charge in [-0.15, -0.1) is 0 Å². The summed E-state index contributed by atoms with van der Waals surface area (Å²) in [5.74, 6) is -0.363. The number of hydrogen-bond donors (Lipinski definition) is 4. The van der Waals surface area contributed by atoms with Gasteiger partial charge < -0.3 is 29.6 Å². The van der Waals surface area contributed by atoms with E-state index in [-0.39, 0.29) is 22.9 Å². The minimum absolute atomic E-state index is 0.181. The lowest BCUT2D eigenvalue weighted by Crippen LogP contribution is -2.20. The van der Waals surface area contributed by atoms with Gasteiger partial charge in [-0.2, -0.15) is 16.8 Å². The third-order valence-electron chi connectivity index (χ3n) is 6.54. The summed E-state index contributed by atoms with van der Waals surface area (Å²) in [4.78, 5) is 23.6. The van der Waals surface area contributed by atoms with Gasteiger partial charge in [0.05, 0.1) is 0 Å². The minimum atomic E-state index is -4.73. The largest absolute Gasteiger partial charge is 0.379 e. The SMILES string of the molecule is Cc1cccc(NC(=O)Nc2cccc(OS(=O)(=O)c3ccccc3S(=O)(=O)Oc3cccc(NC(=O)Nc4cccc(C)c4)c3)c2)c1. The quantitative estimate of drug-likeness (QED) is 0.113. The Morgan fingerprint density at radius 3 is 1.15 bits per heavy atom. The maximum atomic E-state index is 13.4. The smallest absolute Gasteiger partial charge is 0.340 e. The van der Waals surface area contributed by atoms with E-state index in [1.807, 2.05) is 26.0 Å². The molecule has 4 amide bonds. The van der Waals surface area contributed by atoms with Crippen molar-refractivity contribution in [3.63, 3.8) is 0 Å². The first-order chi connectivity index (χ1) is 22.9. The maximum absolute atomic E-state index is 13.4. The van der Waals surface area contributed by atoms with Crippen LogP contribution in [-0.2, 0) is 20.2 Å². The highest BCUT2D eigenvalue weighted by Gasteiger charge is 2.30. The topological polar surface area (TPSA) is 169 Å². The fraction of sp³-hybridized carbons (Fsp3) is 0.0588. The molecule has 0 saturated carbocycles. The van der Waals surface area contributed by atoms with Crippen molar-refractivity contribution in [1.29, 1.82) is 0 Å². The second-order valence-corrected chi connectivity index (χ2v) is 13.5. The molecular formula is C34H30N4O8S2. The van der Waals surface area contributed by atoms with Gasteiger partial charge in [-0.3, -0.25) is 0 Å². The number of anilines is 4. The third kappa shape index (κ3) is 8.90. The summed E-state index contributed by atoms with van der Waals surface area (Å²) >= 11 is 0. The van der Waals surface area contributed by atoms with Crippen LogP contribution >= 0.6 is 0 Å². The van der Waals surface area contributed by atoms with E-state index in [0.29, 0.717) is 11.4 Å². The van der Waals surface area contributed by atoms with Crippen LogP contribution in [0.2, 0.25) is 0 Å². The number of aryl methyl sites for hydroxylation is 2. The Kier molecular flexibility index (Phi) is 9.96. The van der Waals surface area contributed by atoms with Crippen molar-refractivity contribution in [2.24, 2.45) is 0 Å². The van der Waals surface area contributed by atoms with Gasteiger partial charge >= 0.3 is 32.3 Å². The Bertz CT molecular complexity index is 2050. The Morgan fingerprint density at radius 2 is 0.792 bits per heavy atom. The van der Waals surface area contributed by atoms with Crippen molar-refractivity contribution in [2.75, 3.05) is 21.3 Å². The van der Waals surface area contributed by atoms with Crippen molar-refractivity contribution in [3.8, 4) is 11.5 Å². The zero-order valence-electron chi connectivity index (χ0n) is 25.6. The highest BCUT2D eigenvalue weighted by molar-refractivity contribution is 7.90. The van der Waals surface area contributed by atoms with Crippen LogP contribution in [0.15, 0.2) is 131 Å². The van der Waals surface area contributed by atoms with Gasteiger partial charge in [0.25, 0.3) is 0 Å². The van der Waals surface area contributed by atoms with Crippen LogP contribution in [0.1, 0.15) is 11.1 Å². The lowest BCUT2D eigenvalue weighted by molar-refractivity contribution is 0.261. The molecule has 0 spiro atoms. The van der Waals surface area contributed by atoms with E-state index in [9.17, 15) is 26.4 Å². The Morgan fingerprint density at radius 1 is 0.458 bits per heavy atom. The van der Waals surface area contributed by atoms with Crippen molar-refractivity contribution < 1.29 is 34.8 Å². The highest BCUT2D eigenvalue weighted by atomic mass is 32.2. The molecule has 0 saturated heterocycles. The second kappa shape index (κ2) is 14.3. The normalized spacial score (nSPS) is 11.2. The summed E-state index contributed by atoms with van der Waals surface area (Å²) in [6, 6.07) is 29.2. The lowest BCUT2D eigenvalue weighted by Gasteiger charge is -2.14. The van der Waals surface area contributed by atoms with Gasteiger partial charge in [0, 0.05) is 34.9 Å². The number of carbonyl (C=O) groups excluding carboxylic acids is 2. The van der Waals surface area contributed by atoms with Gasteiger partial charge in [0.1, 0.15) is 21.3 Å². The molecule has 246 valence electrons. The molecule has 0 fully saturated rings. The van der Waals surface area contributed by atoms with E-state index < -0.39 is 42.1 Å². The van der Waals surface area contributed by atoms with E-state index in [0.717, 1.165) is 23.3 Å². The van der Waals surface area contributed by atoms with Crippen LogP contribution < -0.4 is 29.6 Å². The molecule has 0 aromatic heterocycles. The number of rotatable bonds is 10. The predicted molar refractivity (Wildman–Crippen MR) is 183 cm³/mol. The molecule has 12 nitrogen and oxygen atoms in total. The first-order valence-corrected chi connectivity index (χ1v) is 17.2. The van der Waals surface area contributed by atoms with Crippen molar-refractivity contribution in [1.82, 2.24) is 0 Å². The van der Waals surface area contributed by atoms with E-state index in [1.165, 1.54) is 60.7 Å². The first kappa shape index (κ1) is 33.5. The van der Waals surface area contributed by atoms with Gasteiger partial charge in [0.2, 0.25) is 0 Å². The standard InChI is InChI=1S/C34H30N4O8S2/c1-23-9-5-11-25(19-23)35-33(39)37-27-13-7-15-29(21-27)45-47(41,42)31-17-3-4-18-32(31)48(43,44)46-30-16-8-14-28(22-30)38-34(40)36-26-12-6-10-24(2)20-26/h3-22H,1-2H3,(H2,35,37,39)(H2,36,38,40). The Hall–Kier alpha value is -5.86. The molecule has 4 N–H and O–H groups in total. The molecule has 5 aromatic carbocycles. The Labute approximate surface area is 278 Å². The van der Waals surface area contributed by atoms with Crippen LogP contribution in [0.4, 0.5) is 32.3 Å². The molecule has 0 radical (unpaired) electrons. The minimum Gasteiger partial charge on any atom is -0.379 e. The molecule has 0 atom stereocenters. The first-order valence-electron chi connectivity index (χ1n) is 14.3. The summed E-state index contributed by atoms with van der Waals surface area (Å²) in [7, 11) is -9.46. The molecule has 5 aromatic rings. The number of nitrogens with one attached hydrogen (secondary N) is 4. The summed E-state index contributed by atoms with van der Waals surface area (Å²) in [5, 5.41) is 10.6. The highest BCUT2D eigenvalue weighted by Crippen LogP contribution is 2.29. The molecule has 0 heterocycles. The van der Waals surface area contributed by atoms with E-state index >= 15 is 0 Å². The summed E-state index contributed by atoms with van der Waals surface area (Å²) in [5.41, 5.74) is 3.47. The zero-order chi connectivity index (χ0) is 34.3. The molecule has 14 heteroatoms. The fourth-order valence-electron chi connectivity index (χ4n) is 4.49. The van der Waals surface area contributed by atoms with Crippen LogP contribution in [0.25, 0.3) is 0 Å². The average Bonchev–Trinajstić information content (AvgIpc) is 3.01. The number of carbonyl (C=O) groups is 2. The van der Waals surface area contributed by atoms with Gasteiger partial charge in [-0.05, 0) is 85.6 Å². The number of hydrogen-bond acceptors (Lipinski definition) is 8. The van der Waals surface area contributed by atoms with E-state index in [4.69, 9.17) is 8.37 Å². The molecule has 0 unspecified atom stereocenters. The number of benzene rings is 5. The molecule has 0 aliphatic heterocycles. The maximum Gasteiger partial charge on any atom is 0.340 e. The van der Waals surface area contributed by atoms with Crippen molar-refractivity contribution in [2.45, 2.75) is 23.6 Å². The van der Waals surface area contributed by atoms with Gasteiger partial charge in [-0.1, -0.05) is 48.5 Å². The monoisotopic (exact) mass is 686 g/mol. The van der Waals surface area contributed by atoms with Crippen LogP contribution in [0, 0.1) is 13.8 Å². The second-order valence-electron chi connectivity index (χ2n) is 10.5. The fourth-order valence-corrected chi connectivity index (χ4v) is 7.12. The molecule has 0 bridgehead atoms. The average molecular weight is 687 g/mol. The number of amides is 4. The van der Waals surface area contributed by atoms with Gasteiger partial charge in [0.15, 0.2) is 0 Å². The Balaban J connectivity index is 1.29. The number of urea groups is 2. The van der Waals surface area contributed by atoms with E-state index in [1.54, 1.807) is 36.4 Å². The summed E-state index contributed by atoms with van der Waals surface area (Å²) in [6.45, 7) is 3.76. The summed E-state index contributed by atoms with van der Waals surface area (Å²) < 4.78 is 64.1. The molecular weight excluding hydrogens is 657 g/mol.